The van der Waals surface area contributed by atoms with Crippen LogP contribution in [0.25, 0.3) is 0 Å². The number of carbonyl (C=O) groups excluding carboxylic acids is 1. The summed E-state index contributed by atoms with van der Waals surface area (Å²) in [6, 6.07) is 7.40. The van der Waals surface area contributed by atoms with E-state index in [0.717, 1.165) is 4.90 Å². The van der Waals surface area contributed by atoms with Crippen molar-refractivity contribution in [3.8, 4) is 5.75 Å². The largest absolute Gasteiger partial charge is 0.495 e. The quantitative estimate of drug-likeness (QED) is 0.858. The van der Waals surface area contributed by atoms with E-state index >= 15 is 0 Å². The van der Waals surface area contributed by atoms with E-state index in [4.69, 9.17) is 9.26 Å². The molecule has 2 rings (SSSR count). The lowest BCUT2D eigenvalue weighted by molar-refractivity contribution is -0.115. The number of aromatic nitrogens is 1. The summed E-state index contributed by atoms with van der Waals surface area (Å²) in [5.41, 5.74) is 1.26. The van der Waals surface area contributed by atoms with Crippen LogP contribution >= 0.6 is 11.8 Å². The predicted octanol–water partition coefficient (Wildman–Crippen LogP) is 2.89. The Kier molecular flexibility index (Phi) is 4.68. The SMILES string of the molecule is COc1cc(SC)ccc1NC(=O)Cc1cc(C)on1. The zero-order valence-corrected chi connectivity index (χ0v) is 12.4. The van der Waals surface area contributed by atoms with Crippen molar-refractivity contribution in [1.82, 2.24) is 5.16 Å². The monoisotopic (exact) mass is 292 g/mol. The number of methoxy groups -OCH3 is 1. The smallest absolute Gasteiger partial charge is 0.230 e. The van der Waals surface area contributed by atoms with E-state index in [2.05, 4.69) is 10.5 Å². The van der Waals surface area contributed by atoms with Crippen LogP contribution in [0, 0.1) is 6.92 Å². The number of nitrogens with one attached hydrogen (secondary N) is 1. The van der Waals surface area contributed by atoms with Crippen molar-refractivity contribution in [2.45, 2.75) is 18.2 Å². The Morgan fingerprint density at radius 2 is 2.25 bits per heavy atom. The highest BCUT2D eigenvalue weighted by molar-refractivity contribution is 7.98. The van der Waals surface area contributed by atoms with Crippen LogP contribution in [0.15, 0.2) is 33.7 Å². The van der Waals surface area contributed by atoms with E-state index in [0.29, 0.717) is 22.9 Å². The van der Waals surface area contributed by atoms with Gasteiger partial charge in [0, 0.05) is 11.0 Å². The molecule has 0 aliphatic rings. The van der Waals surface area contributed by atoms with E-state index < -0.39 is 0 Å². The zero-order valence-electron chi connectivity index (χ0n) is 11.6. The first-order valence-corrected chi connectivity index (χ1v) is 7.29. The van der Waals surface area contributed by atoms with Crippen LogP contribution in [-0.4, -0.2) is 24.4 Å². The second kappa shape index (κ2) is 6.47. The molecule has 2 aromatic rings. The third kappa shape index (κ3) is 3.54. The Hall–Kier alpha value is -1.95. The molecule has 20 heavy (non-hydrogen) atoms. The number of thioether (sulfide) groups is 1. The van der Waals surface area contributed by atoms with Crippen molar-refractivity contribution in [1.29, 1.82) is 0 Å². The molecule has 0 spiro atoms. The normalized spacial score (nSPS) is 10.3. The van der Waals surface area contributed by atoms with Crippen molar-refractivity contribution >= 4 is 23.4 Å². The first kappa shape index (κ1) is 14.5. The molecule has 1 N–H and O–H groups in total. The number of hydrogen-bond acceptors (Lipinski definition) is 5. The molecule has 0 atom stereocenters. The minimum absolute atomic E-state index is 0.159. The van der Waals surface area contributed by atoms with Gasteiger partial charge in [0.05, 0.1) is 24.9 Å². The van der Waals surface area contributed by atoms with Crippen molar-refractivity contribution < 1.29 is 14.1 Å². The molecule has 1 aromatic heterocycles. The number of ether oxygens (including phenoxy) is 1. The van der Waals surface area contributed by atoms with Gasteiger partial charge in [-0.15, -0.1) is 11.8 Å². The van der Waals surface area contributed by atoms with Crippen LogP contribution in [0.2, 0.25) is 0 Å². The second-order valence-electron chi connectivity index (χ2n) is 4.22. The summed E-state index contributed by atoms with van der Waals surface area (Å²) in [7, 11) is 1.58. The predicted molar refractivity (Wildman–Crippen MR) is 78.3 cm³/mol. The number of nitrogens with zero attached hydrogens (tertiary/aromatic N) is 1. The van der Waals surface area contributed by atoms with Gasteiger partial charge in [0.25, 0.3) is 0 Å². The van der Waals surface area contributed by atoms with E-state index in [1.807, 2.05) is 24.5 Å². The molecule has 0 saturated heterocycles. The van der Waals surface area contributed by atoms with Crippen molar-refractivity contribution in [2.24, 2.45) is 0 Å². The summed E-state index contributed by atoms with van der Waals surface area (Å²) in [5, 5.41) is 6.61. The van der Waals surface area contributed by atoms with Crippen molar-refractivity contribution in [3.05, 3.63) is 35.7 Å². The van der Waals surface area contributed by atoms with Gasteiger partial charge >= 0.3 is 0 Å². The number of benzene rings is 1. The molecular weight excluding hydrogens is 276 g/mol. The van der Waals surface area contributed by atoms with Crippen LogP contribution in [0.5, 0.6) is 5.75 Å². The highest BCUT2D eigenvalue weighted by Gasteiger charge is 2.11. The van der Waals surface area contributed by atoms with Gasteiger partial charge < -0.3 is 14.6 Å². The van der Waals surface area contributed by atoms with Crippen molar-refractivity contribution in [3.63, 3.8) is 0 Å². The Balaban J connectivity index is 2.07. The maximum absolute atomic E-state index is 12.0. The molecule has 5 nitrogen and oxygen atoms in total. The number of aryl methyl sites for hydroxylation is 1. The summed E-state index contributed by atoms with van der Waals surface area (Å²) in [6.45, 7) is 1.79. The lowest BCUT2D eigenvalue weighted by Crippen LogP contribution is -2.15. The molecule has 6 heteroatoms. The highest BCUT2D eigenvalue weighted by atomic mass is 32.2. The van der Waals surface area contributed by atoms with Crippen LogP contribution in [0.1, 0.15) is 11.5 Å². The number of amides is 1. The van der Waals surface area contributed by atoms with E-state index in [-0.39, 0.29) is 12.3 Å². The van der Waals surface area contributed by atoms with Gasteiger partial charge in [0.2, 0.25) is 5.91 Å². The number of anilines is 1. The molecule has 0 unspecified atom stereocenters. The van der Waals surface area contributed by atoms with E-state index in [1.165, 1.54) is 0 Å². The molecule has 0 radical (unpaired) electrons. The average molecular weight is 292 g/mol. The standard InChI is InChI=1S/C14H16N2O3S/c1-9-6-10(16-19-9)7-14(17)15-12-5-4-11(20-3)8-13(12)18-2/h4-6,8H,7H2,1-3H3,(H,15,17). The minimum Gasteiger partial charge on any atom is -0.495 e. The first-order valence-electron chi connectivity index (χ1n) is 6.06. The number of hydrogen-bond donors (Lipinski definition) is 1. The highest BCUT2D eigenvalue weighted by Crippen LogP contribution is 2.29. The van der Waals surface area contributed by atoms with Crippen LogP contribution in [0.4, 0.5) is 5.69 Å². The summed E-state index contributed by atoms with van der Waals surface area (Å²) < 4.78 is 10.2. The third-order valence-electron chi connectivity index (χ3n) is 2.70. The fourth-order valence-electron chi connectivity index (χ4n) is 1.76. The lowest BCUT2D eigenvalue weighted by Gasteiger charge is -2.10. The Bertz CT molecular complexity index is 610. The Morgan fingerprint density at radius 1 is 1.45 bits per heavy atom. The van der Waals surface area contributed by atoms with E-state index in [9.17, 15) is 4.79 Å². The molecule has 1 amide bonds. The van der Waals surface area contributed by atoms with Crippen LogP contribution in [0.3, 0.4) is 0 Å². The fourth-order valence-corrected chi connectivity index (χ4v) is 2.19. The summed E-state index contributed by atoms with van der Waals surface area (Å²) in [5.74, 6) is 1.17. The van der Waals surface area contributed by atoms with Crippen LogP contribution in [-0.2, 0) is 11.2 Å². The summed E-state index contributed by atoms with van der Waals surface area (Å²) in [6.07, 6.45) is 2.16. The number of carbonyl (C=O) groups is 1. The average Bonchev–Trinajstić information content (AvgIpc) is 2.84. The fraction of sp³-hybridized carbons (Fsp3) is 0.286. The minimum atomic E-state index is -0.159. The van der Waals surface area contributed by atoms with E-state index in [1.54, 1.807) is 31.9 Å². The summed E-state index contributed by atoms with van der Waals surface area (Å²) in [4.78, 5) is 13.0. The second-order valence-corrected chi connectivity index (χ2v) is 5.10. The van der Waals surface area contributed by atoms with Gasteiger partial charge in [0.15, 0.2) is 0 Å². The van der Waals surface area contributed by atoms with Gasteiger partial charge in [0.1, 0.15) is 11.5 Å². The third-order valence-corrected chi connectivity index (χ3v) is 3.43. The Labute approximate surface area is 121 Å². The molecular formula is C14H16N2O3S. The van der Waals surface area contributed by atoms with Gasteiger partial charge in [-0.3, -0.25) is 4.79 Å². The molecule has 0 bridgehead atoms. The summed E-state index contributed by atoms with van der Waals surface area (Å²) >= 11 is 1.62. The molecule has 106 valence electrons. The van der Waals surface area contributed by atoms with Gasteiger partial charge in [-0.1, -0.05) is 5.16 Å². The van der Waals surface area contributed by atoms with Gasteiger partial charge in [-0.2, -0.15) is 0 Å². The lowest BCUT2D eigenvalue weighted by atomic mass is 10.2. The van der Waals surface area contributed by atoms with Crippen LogP contribution < -0.4 is 10.1 Å². The maximum atomic E-state index is 12.0. The van der Waals surface area contributed by atoms with Gasteiger partial charge in [-0.05, 0) is 31.4 Å². The Morgan fingerprint density at radius 3 is 2.85 bits per heavy atom. The molecule has 1 aromatic carbocycles. The molecule has 0 aliphatic heterocycles. The number of rotatable bonds is 5. The zero-order chi connectivity index (χ0) is 14.5. The topological polar surface area (TPSA) is 64.4 Å². The van der Waals surface area contributed by atoms with Crippen molar-refractivity contribution in [2.75, 3.05) is 18.7 Å². The van der Waals surface area contributed by atoms with Gasteiger partial charge in [-0.25, -0.2) is 0 Å². The molecule has 0 fully saturated rings. The molecule has 1 heterocycles. The first-order chi connectivity index (χ1) is 9.62. The molecule has 0 aliphatic carbocycles. The maximum Gasteiger partial charge on any atom is 0.230 e. The molecule has 0 saturated carbocycles.